The van der Waals surface area contributed by atoms with Crippen molar-refractivity contribution >= 4 is 17.3 Å². The van der Waals surface area contributed by atoms with E-state index in [2.05, 4.69) is 24.3 Å². The monoisotopic (exact) mass is 325 g/mol. The van der Waals surface area contributed by atoms with E-state index in [0.29, 0.717) is 10.6 Å². The average molecular weight is 326 g/mol. The van der Waals surface area contributed by atoms with Crippen molar-refractivity contribution in [2.24, 2.45) is 5.92 Å². The van der Waals surface area contributed by atoms with Crippen LogP contribution in [0.5, 0.6) is 0 Å². The molecule has 4 nitrogen and oxygen atoms in total. The van der Waals surface area contributed by atoms with Gasteiger partial charge in [0.2, 0.25) is 0 Å². The summed E-state index contributed by atoms with van der Waals surface area (Å²) in [6, 6.07) is 0.0390. The summed E-state index contributed by atoms with van der Waals surface area (Å²) in [7, 11) is 0. The van der Waals surface area contributed by atoms with Gasteiger partial charge < -0.3 is 5.32 Å². The molecule has 1 heterocycles. The summed E-state index contributed by atoms with van der Waals surface area (Å²) in [6.07, 6.45) is -1.48. The topological polar surface area (TPSA) is 46.9 Å². The van der Waals surface area contributed by atoms with Crippen molar-refractivity contribution in [3.05, 3.63) is 21.6 Å². The Morgan fingerprint density at radius 2 is 2.05 bits per heavy atom. The Bertz CT molecular complexity index is 530. The van der Waals surface area contributed by atoms with E-state index in [9.17, 15) is 18.0 Å². The van der Waals surface area contributed by atoms with E-state index in [1.807, 2.05) is 6.92 Å². The molecule has 0 spiro atoms. The maximum atomic E-state index is 12.3. The Morgan fingerprint density at radius 3 is 2.57 bits per heavy atom. The lowest BCUT2D eigenvalue weighted by Gasteiger charge is -2.19. The Morgan fingerprint density at radius 1 is 1.43 bits per heavy atom. The second kappa shape index (κ2) is 7.15. The van der Waals surface area contributed by atoms with Gasteiger partial charge in [-0.1, -0.05) is 31.9 Å². The van der Waals surface area contributed by atoms with Crippen LogP contribution in [0.15, 0.2) is 11.0 Å². The molecule has 21 heavy (non-hydrogen) atoms. The molecular weight excluding hydrogens is 307 g/mol. The third-order valence-corrected chi connectivity index (χ3v) is 3.53. The molecular formula is C13H19ClF3N3O. The van der Waals surface area contributed by atoms with Gasteiger partial charge in [0, 0.05) is 6.04 Å². The van der Waals surface area contributed by atoms with Crippen LogP contribution in [0, 0.1) is 5.92 Å². The zero-order valence-corrected chi connectivity index (χ0v) is 12.9. The van der Waals surface area contributed by atoms with Gasteiger partial charge in [-0.3, -0.25) is 4.79 Å². The van der Waals surface area contributed by atoms with Gasteiger partial charge in [-0.2, -0.15) is 18.3 Å². The normalized spacial score (nSPS) is 14.8. The fourth-order valence-corrected chi connectivity index (χ4v) is 2.14. The second-order valence-corrected chi connectivity index (χ2v) is 5.62. The first-order chi connectivity index (χ1) is 9.64. The van der Waals surface area contributed by atoms with Gasteiger partial charge in [0.15, 0.2) is 0 Å². The zero-order valence-electron chi connectivity index (χ0n) is 12.2. The summed E-state index contributed by atoms with van der Waals surface area (Å²) in [4.78, 5) is 11.8. The van der Waals surface area contributed by atoms with Crippen LogP contribution in [0.4, 0.5) is 18.9 Å². The number of nitrogens with one attached hydrogen (secondary N) is 1. The Labute approximate surface area is 126 Å². The Hall–Kier alpha value is -1.24. The first-order valence-corrected chi connectivity index (χ1v) is 7.10. The van der Waals surface area contributed by atoms with Crippen molar-refractivity contribution < 1.29 is 13.2 Å². The molecule has 0 saturated carbocycles. The molecule has 2 atom stereocenters. The minimum absolute atomic E-state index is 0.0390. The van der Waals surface area contributed by atoms with Crippen LogP contribution < -0.4 is 10.9 Å². The van der Waals surface area contributed by atoms with Crippen LogP contribution in [-0.2, 0) is 6.54 Å². The minimum atomic E-state index is -4.51. The van der Waals surface area contributed by atoms with E-state index in [4.69, 9.17) is 11.6 Å². The Kier molecular flexibility index (Phi) is 6.07. The standard InChI is InChI=1S/C13H19ClF3N3O/c1-4-8(2)5-9(3)19-10-6-18-20(7-13(15,16)17)12(21)11(10)14/h6,8-9,19H,4-5,7H2,1-3H3. The molecule has 1 rings (SSSR count). The van der Waals surface area contributed by atoms with Crippen LogP contribution in [0.1, 0.15) is 33.6 Å². The van der Waals surface area contributed by atoms with Gasteiger partial charge in [-0.25, -0.2) is 4.68 Å². The summed E-state index contributed by atoms with van der Waals surface area (Å²) in [5.41, 5.74) is -0.689. The molecule has 2 unspecified atom stereocenters. The summed E-state index contributed by atoms with van der Waals surface area (Å²) < 4.78 is 37.2. The van der Waals surface area contributed by atoms with E-state index in [0.717, 1.165) is 19.0 Å². The number of rotatable bonds is 6. The molecule has 0 bridgehead atoms. The molecule has 1 aromatic heterocycles. The number of halogens is 4. The van der Waals surface area contributed by atoms with Gasteiger partial charge in [0.05, 0.1) is 11.9 Å². The predicted octanol–water partition coefficient (Wildman–Crippen LogP) is 3.70. The molecule has 0 saturated heterocycles. The highest BCUT2D eigenvalue weighted by Gasteiger charge is 2.29. The fraction of sp³-hybridized carbons (Fsp3) is 0.692. The number of nitrogens with zero attached hydrogens (tertiary/aromatic N) is 2. The Balaban J connectivity index is 2.87. The van der Waals surface area contributed by atoms with E-state index in [1.54, 1.807) is 0 Å². The summed E-state index contributed by atoms with van der Waals surface area (Å²) in [5.74, 6) is 0.491. The maximum absolute atomic E-state index is 12.3. The maximum Gasteiger partial charge on any atom is 0.408 e. The number of aromatic nitrogens is 2. The van der Waals surface area contributed by atoms with Crippen LogP contribution in [-0.4, -0.2) is 22.0 Å². The first kappa shape index (κ1) is 17.8. The molecule has 1 aromatic rings. The van der Waals surface area contributed by atoms with Gasteiger partial charge in [0.25, 0.3) is 5.56 Å². The highest BCUT2D eigenvalue weighted by atomic mass is 35.5. The predicted molar refractivity (Wildman–Crippen MR) is 76.7 cm³/mol. The smallest absolute Gasteiger partial charge is 0.380 e. The number of alkyl halides is 3. The lowest BCUT2D eigenvalue weighted by atomic mass is 10.0. The summed E-state index contributed by atoms with van der Waals surface area (Å²) >= 11 is 5.84. The second-order valence-electron chi connectivity index (χ2n) is 5.24. The van der Waals surface area contributed by atoms with Crippen LogP contribution in [0.3, 0.4) is 0 Å². The third-order valence-electron chi connectivity index (χ3n) is 3.17. The number of anilines is 1. The van der Waals surface area contributed by atoms with E-state index in [1.165, 1.54) is 0 Å². The average Bonchev–Trinajstić information content (AvgIpc) is 2.37. The van der Waals surface area contributed by atoms with Crippen molar-refractivity contribution in [3.63, 3.8) is 0 Å². The molecule has 0 amide bonds. The van der Waals surface area contributed by atoms with E-state index in [-0.39, 0.29) is 16.8 Å². The molecule has 0 aliphatic rings. The highest BCUT2D eigenvalue weighted by molar-refractivity contribution is 6.32. The minimum Gasteiger partial charge on any atom is -0.380 e. The van der Waals surface area contributed by atoms with Crippen LogP contribution in [0.2, 0.25) is 5.02 Å². The SMILES string of the molecule is CCC(C)CC(C)Nc1cnn(CC(F)(F)F)c(=O)c1Cl. The van der Waals surface area contributed by atoms with E-state index < -0.39 is 18.3 Å². The van der Waals surface area contributed by atoms with Gasteiger partial charge in [0.1, 0.15) is 11.6 Å². The molecule has 0 radical (unpaired) electrons. The molecule has 0 aliphatic carbocycles. The molecule has 120 valence electrons. The lowest BCUT2D eigenvalue weighted by Crippen LogP contribution is -2.31. The van der Waals surface area contributed by atoms with Gasteiger partial charge in [-0.05, 0) is 19.3 Å². The van der Waals surface area contributed by atoms with Crippen molar-refractivity contribution in [1.29, 1.82) is 0 Å². The van der Waals surface area contributed by atoms with Gasteiger partial charge in [-0.15, -0.1) is 0 Å². The van der Waals surface area contributed by atoms with Crippen LogP contribution in [0.25, 0.3) is 0 Å². The molecule has 1 N–H and O–H groups in total. The van der Waals surface area contributed by atoms with Gasteiger partial charge >= 0.3 is 6.18 Å². The third kappa shape index (κ3) is 5.57. The molecule has 0 fully saturated rings. The first-order valence-electron chi connectivity index (χ1n) is 6.73. The zero-order chi connectivity index (χ0) is 16.2. The van der Waals surface area contributed by atoms with Crippen molar-refractivity contribution in [3.8, 4) is 0 Å². The largest absolute Gasteiger partial charge is 0.408 e. The van der Waals surface area contributed by atoms with E-state index >= 15 is 0 Å². The summed E-state index contributed by atoms with van der Waals surface area (Å²) in [6.45, 7) is 4.64. The van der Waals surface area contributed by atoms with Crippen LogP contribution >= 0.6 is 11.6 Å². The van der Waals surface area contributed by atoms with Crippen molar-refractivity contribution in [2.75, 3.05) is 5.32 Å². The highest BCUT2D eigenvalue weighted by Crippen LogP contribution is 2.21. The molecule has 8 heteroatoms. The number of hydrogen-bond acceptors (Lipinski definition) is 3. The molecule has 0 aliphatic heterocycles. The fourth-order valence-electron chi connectivity index (χ4n) is 1.94. The quantitative estimate of drug-likeness (QED) is 0.867. The molecule has 0 aromatic carbocycles. The van der Waals surface area contributed by atoms with Crippen molar-refractivity contribution in [2.45, 2.75) is 52.4 Å². The lowest BCUT2D eigenvalue weighted by molar-refractivity contribution is -0.143. The number of hydrogen-bond donors (Lipinski definition) is 1. The van der Waals surface area contributed by atoms with Crippen molar-refractivity contribution in [1.82, 2.24) is 9.78 Å². The summed E-state index contributed by atoms with van der Waals surface area (Å²) in [5, 5.41) is 6.26.